The average molecular weight is 470 g/mol. The van der Waals surface area contributed by atoms with Crippen molar-refractivity contribution in [2.75, 3.05) is 5.32 Å². The summed E-state index contributed by atoms with van der Waals surface area (Å²) in [5, 5.41) is 5.93. The van der Waals surface area contributed by atoms with Crippen molar-refractivity contribution in [2.45, 2.75) is 44.0 Å². The molecule has 3 amide bonds. The predicted octanol–water partition coefficient (Wildman–Crippen LogP) is 4.21. The summed E-state index contributed by atoms with van der Waals surface area (Å²) in [7, 11) is 0. The lowest BCUT2D eigenvalue weighted by Crippen LogP contribution is -2.46. The van der Waals surface area contributed by atoms with Gasteiger partial charge in [0.15, 0.2) is 12.1 Å². The van der Waals surface area contributed by atoms with E-state index >= 15 is 0 Å². The van der Waals surface area contributed by atoms with Crippen LogP contribution in [0, 0.1) is 0 Å². The van der Waals surface area contributed by atoms with Gasteiger partial charge in [0.05, 0.1) is 13.0 Å². The molecular weight excluding hydrogens is 442 g/mol. The molecule has 2 unspecified atom stereocenters. The van der Waals surface area contributed by atoms with Gasteiger partial charge in [0.25, 0.3) is 0 Å². The lowest BCUT2D eigenvalue weighted by molar-refractivity contribution is -0.126. The molecule has 1 saturated carbocycles. The molecular formula is C28H27N3O4. The van der Waals surface area contributed by atoms with E-state index in [2.05, 4.69) is 10.6 Å². The van der Waals surface area contributed by atoms with Gasteiger partial charge >= 0.3 is 6.09 Å². The molecule has 1 aliphatic carbocycles. The number of nitrogens with zero attached hydrogens (tertiary/aromatic N) is 1. The fraction of sp³-hybridized carbons (Fsp3) is 0.250. The molecule has 1 saturated heterocycles. The highest BCUT2D eigenvalue weighted by Crippen LogP contribution is 2.35. The van der Waals surface area contributed by atoms with Gasteiger partial charge in [0.1, 0.15) is 0 Å². The Morgan fingerprint density at radius 2 is 1.57 bits per heavy atom. The molecule has 0 aromatic heterocycles. The van der Waals surface area contributed by atoms with E-state index in [0.29, 0.717) is 11.3 Å². The number of cyclic esters (lactones) is 1. The number of nitrogens with one attached hydrogen (secondary N) is 2. The Hall–Kier alpha value is -4.13. The third kappa shape index (κ3) is 5.51. The first-order chi connectivity index (χ1) is 17.1. The summed E-state index contributed by atoms with van der Waals surface area (Å²) in [6.07, 6.45) is 0.823. The van der Waals surface area contributed by atoms with Crippen LogP contribution in [0.1, 0.15) is 35.6 Å². The normalized spacial score (nSPS) is 19.2. The summed E-state index contributed by atoms with van der Waals surface area (Å²) in [6, 6.07) is 25.5. The summed E-state index contributed by atoms with van der Waals surface area (Å²) in [5.41, 5.74) is 3.07. The Labute approximate surface area is 204 Å². The molecule has 2 fully saturated rings. The number of ether oxygens (including phenoxy) is 1. The number of hydrogen-bond donors (Lipinski definition) is 2. The number of carbonyl (C=O) groups excluding carboxylic acids is 3. The number of carbonyl (C=O) groups is 3. The minimum absolute atomic E-state index is 0.148. The molecule has 0 bridgehead atoms. The number of rotatable bonds is 8. The van der Waals surface area contributed by atoms with Crippen LogP contribution >= 0.6 is 0 Å². The van der Waals surface area contributed by atoms with Gasteiger partial charge in [-0.3, -0.25) is 14.5 Å². The molecule has 2 atom stereocenters. The summed E-state index contributed by atoms with van der Waals surface area (Å²) in [6.45, 7) is 0.270. The van der Waals surface area contributed by atoms with Crippen molar-refractivity contribution in [3.05, 3.63) is 102 Å². The third-order valence-electron chi connectivity index (χ3n) is 6.18. The van der Waals surface area contributed by atoms with Gasteiger partial charge in [0, 0.05) is 11.7 Å². The molecule has 3 aromatic carbocycles. The zero-order valence-electron chi connectivity index (χ0n) is 19.2. The minimum atomic E-state index is -0.807. The molecule has 1 heterocycles. The monoisotopic (exact) mass is 469 g/mol. The highest BCUT2D eigenvalue weighted by Gasteiger charge is 2.47. The van der Waals surface area contributed by atoms with E-state index in [1.54, 1.807) is 18.2 Å². The fourth-order valence-corrected chi connectivity index (χ4v) is 4.28. The van der Waals surface area contributed by atoms with Crippen LogP contribution in [0.2, 0.25) is 0 Å². The van der Waals surface area contributed by atoms with Crippen molar-refractivity contribution in [3.8, 4) is 0 Å². The molecule has 0 radical (unpaired) electrons. The maximum absolute atomic E-state index is 13.2. The van der Waals surface area contributed by atoms with Gasteiger partial charge in [-0.2, -0.15) is 0 Å². The molecule has 0 spiro atoms. The van der Waals surface area contributed by atoms with Gasteiger partial charge < -0.3 is 15.4 Å². The second-order valence-electron chi connectivity index (χ2n) is 8.98. The molecule has 5 rings (SSSR count). The van der Waals surface area contributed by atoms with Crippen LogP contribution in [-0.4, -0.2) is 34.9 Å². The van der Waals surface area contributed by atoms with Crippen LogP contribution in [0.3, 0.4) is 0 Å². The summed E-state index contributed by atoms with van der Waals surface area (Å²) >= 11 is 0. The first-order valence-corrected chi connectivity index (χ1v) is 11.8. The Balaban J connectivity index is 1.36. The Bertz CT molecular complexity index is 1210. The van der Waals surface area contributed by atoms with E-state index in [1.165, 1.54) is 4.90 Å². The molecule has 7 heteroatoms. The van der Waals surface area contributed by atoms with Crippen LogP contribution in [0.4, 0.5) is 10.5 Å². The molecule has 178 valence electrons. The van der Waals surface area contributed by atoms with Crippen molar-refractivity contribution in [3.63, 3.8) is 0 Å². The zero-order valence-corrected chi connectivity index (χ0v) is 19.2. The average Bonchev–Trinajstić information content (AvgIpc) is 3.62. The topological polar surface area (TPSA) is 87.7 Å². The van der Waals surface area contributed by atoms with E-state index in [0.717, 1.165) is 24.0 Å². The van der Waals surface area contributed by atoms with Gasteiger partial charge in [-0.25, -0.2) is 4.79 Å². The van der Waals surface area contributed by atoms with E-state index in [-0.39, 0.29) is 30.8 Å². The van der Waals surface area contributed by atoms with Gasteiger partial charge in [0.2, 0.25) is 11.8 Å². The first kappa shape index (κ1) is 22.7. The molecule has 3 aromatic rings. The Kier molecular flexibility index (Phi) is 6.48. The number of benzene rings is 3. The highest BCUT2D eigenvalue weighted by molar-refractivity contribution is 5.92. The van der Waals surface area contributed by atoms with Crippen LogP contribution in [-0.2, 0) is 27.3 Å². The van der Waals surface area contributed by atoms with E-state index < -0.39 is 18.2 Å². The molecule has 2 aliphatic rings. The summed E-state index contributed by atoms with van der Waals surface area (Å²) in [4.78, 5) is 40.2. The van der Waals surface area contributed by atoms with Crippen molar-refractivity contribution >= 4 is 23.6 Å². The largest absolute Gasteiger partial charge is 0.438 e. The summed E-state index contributed by atoms with van der Waals surface area (Å²) < 4.78 is 5.74. The maximum atomic E-state index is 13.2. The maximum Gasteiger partial charge on any atom is 0.411 e. The Morgan fingerprint density at radius 3 is 2.26 bits per heavy atom. The van der Waals surface area contributed by atoms with Gasteiger partial charge in [-0.1, -0.05) is 72.8 Å². The van der Waals surface area contributed by atoms with Gasteiger partial charge in [-0.05, 0) is 41.7 Å². The highest BCUT2D eigenvalue weighted by atomic mass is 16.6. The summed E-state index contributed by atoms with van der Waals surface area (Å²) in [5.74, 6) is -0.372. The van der Waals surface area contributed by atoms with Crippen LogP contribution in [0.25, 0.3) is 0 Å². The second-order valence-corrected chi connectivity index (χ2v) is 8.98. The smallest absolute Gasteiger partial charge is 0.411 e. The number of hydrogen-bond acceptors (Lipinski definition) is 4. The zero-order chi connectivity index (χ0) is 24.2. The fourth-order valence-electron chi connectivity index (χ4n) is 4.28. The first-order valence-electron chi connectivity index (χ1n) is 11.8. The SMILES string of the molecule is O=C(Cc1ccccc1)Nc1cccc(C2OC(=O)N(Cc3ccccc3)C2C(=O)NC2CC2)c1. The molecule has 35 heavy (non-hydrogen) atoms. The van der Waals surface area contributed by atoms with Crippen molar-refractivity contribution in [1.29, 1.82) is 0 Å². The molecule has 1 aliphatic heterocycles. The second kappa shape index (κ2) is 10.0. The number of amides is 3. The van der Waals surface area contributed by atoms with Crippen LogP contribution < -0.4 is 10.6 Å². The van der Waals surface area contributed by atoms with Crippen molar-refractivity contribution in [1.82, 2.24) is 10.2 Å². The Morgan fingerprint density at radius 1 is 0.886 bits per heavy atom. The van der Waals surface area contributed by atoms with E-state index in [4.69, 9.17) is 4.74 Å². The van der Waals surface area contributed by atoms with Crippen molar-refractivity contribution < 1.29 is 19.1 Å². The lowest BCUT2D eigenvalue weighted by Gasteiger charge is -2.24. The molecule has 2 N–H and O–H groups in total. The lowest BCUT2D eigenvalue weighted by atomic mass is 10.00. The predicted molar refractivity (Wildman–Crippen MR) is 131 cm³/mol. The standard InChI is InChI=1S/C28H27N3O4/c32-24(16-19-8-3-1-4-9-19)29-23-13-7-12-21(17-23)26-25(27(33)30-22-14-15-22)31(28(34)35-26)18-20-10-5-2-6-11-20/h1-13,17,22,25-26H,14-16,18H2,(H,29,32)(H,30,33). The minimum Gasteiger partial charge on any atom is -0.438 e. The third-order valence-corrected chi connectivity index (χ3v) is 6.18. The van der Waals surface area contributed by atoms with E-state index in [9.17, 15) is 14.4 Å². The quantitative estimate of drug-likeness (QED) is 0.517. The van der Waals surface area contributed by atoms with Crippen LogP contribution in [0.15, 0.2) is 84.9 Å². The van der Waals surface area contributed by atoms with Crippen molar-refractivity contribution in [2.24, 2.45) is 0 Å². The molecule has 7 nitrogen and oxygen atoms in total. The van der Waals surface area contributed by atoms with Gasteiger partial charge in [-0.15, -0.1) is 0 Å². The number of anilines is 1. The van der Waals surface area contributed by atoms with E-state index in [1.807, 2.05) is 66.7 Å². The van der Waals surface area contributed by atoms with Crippen LogP contribution in [0.5, 0.6) is 0 Å².